The number of amides is 1. The molecule has 0 saturated carbocycles. The average Bonchev–Trinajstić information content (AvgIpc) is 2.04. The van der Waals surface area contributed by atoms with E-state index in [-0.39, 0.29) is 5.69 Å². The van der Waals surface area contributed by atoms with Crippen molar-refractivity contribution in [2.75, 3.05) is 0 Å². The van der Waals surface area contributed by atoms with E-state index in [0.717, 1.165) is 0 Å². The van der Waals surface area contributed by atoms with Crippen LogP contribution in [0.4, 0.5) is 0 Å². The first-order valence-electron chi connectivity index (χ1n) is 3.35. The summed E-state index contributed by atoms with van der Waals surface area (Å²) in [4.78, 5) is 18.5. The highest BCUT2D eigenvalue weighted by Gasteiger charge is 2.07. The van der Waals surface area contributed by atoms with Crippen molar-refractivity contribution >= 4 is 5.91 Å². The third kappa shape index (κ3) is 1.52. The van der Waals surface area contributed by atoms with Crippen LogP contribution in [0.2, 0.25) is 0 Å². The van der Waals surface area contributed by atoms with Crippen LogP contribution in [-0.4, -0.2) is 15.9 Å². The second-order valence-corrected chi connectivity index (χ2v) is 2.07. The second-order valence-electron chi connectivity index (χ2n) is 2.07. The highest BCUT2D eigenvalue weighted by molar-refractivity contribution is 5.91. The van der Waals surface area contributed by atoms with Gasteiger partial charge in [-0.25, -0.2) is 4.98 Å². The first-order chi connectivity index (χ1) is 5.25. The molecule has 11 heavy (non-hydrogen) atoms. The summed E-state index contributed by atoms with van der Waals surface area (Å²) < 4.78 is 0. The van der Waals surface area contributed by atoms with Gasteiger partial charge in [0.15, 0.2) is 0 Å². The Morgan fingerprint density at radius 2 is 2.18 bits per heavy atom. The fraction of sp³-hybridized carbons (Fsp3) is 0.286. The van der Waals surface area contributed by atoms with Crippen LogP contribution in [0.5, 0.6) is 0 Å². The number of carbonyl (C=O) groups excluding carboxylic acids is 1. The summed E-state index contributed by atoms with van der Waals surface area (Å²) in [6, 6.07) is 0. The van der Waals surface area contributed by atoms with E-state index in [1.807, 2.05) is 6.92 Å². The van der Waals surface area contributed by atoms with Gasteiger partial charge in [-0.05, 0) is 6.42 Å². The van der Waals surface area contributed by atoms with Crippen molar-refractivity contribution in [2.45, 2.75) is 13.3 Å². The normalized spacial score (nSPS) is 9.55. The van der Waals surface area contributed by atoms with Gasteiger partial charge in [0, 0.05) is 12.4 Å². The van der Waals surface area contributed by atoms with Crippen molar-refractivity contribution in [2.24, 2.45) is 5.73 Å². The SMILES string of the molecule is CCc1nccnc1C(N)=O. The molecular weight excluding hydrogens is 142 g/mol. The minimum absolute atomic E-state index is 0.273. The van der Waals surface area contributed by atoms with E-state index in [1.165, 1.54) is 6.20 Å². The van der Waals surface area contributed by atoms with Crippen molar-refractivity contribution in [3.05, 3.63) is 23.8 Å². The smallest absolute Gasteiger partial charge is 0.269 e. The van der Waals surface area contributed by atoms with Crippen molar-refractivity contribution in [1.82, 2.24) is 9.97 Å². The van der Waals surface area contributed by atoms with E-state index in [2.05, 4.69) is 9.97 Å². The lowest BCUT2D eigenvalue weighted by Crippen LogP contribution is -2.16. The first-order valence-corrected chi connectivity index (χ1v) is 3.35. The summed E-state index contributed by atoms with van der Waals surface area (Å²) in [5.41, 5.74) is 5.97. The van der Waals surface area contributed by atoms with E-state index in [9.17, 15) is 4.79 Å². The molecule has 0 aliphatic heterocycles. The maximum Gasteiger partial charge on any atom is 0.269 e. The molecule has 1 amide bonds. The van der Waals surface area contributed by atoms with Gasteiger partial charge >= 0.3 is 0 Å². The zero-order chi connectivity index (χ0) is 8.27. The Bertz CT molecular complexity index is 272. The Labute approximate surface area is 64.5 Å². The predicted octanol–water partition coefficient (Wildman–Crippen LogP) is 0.138. The fourth-order valence-corrected chi connectivity index (χ4v) is 0.831. The number of nitrogens with two attached hydrogens (primary N) is 1. The monoisotopic (exact) mass is 151 g/mol. The van der Waals surface area contributed by atoms with Crippen LogP contribution in [0, 0.1) is 0 Å². The van der Waals surface area contributed by atoms with E-state index in [4.69, 9.17) is 5.73 Å². The van der Waals surface area contributed by atoms with Gasteiger partial charge in [0.1, 0.15) is 5.69 Å². The van der Waals surface area contributed by atoms with E-state index < -0.39 is 5.91 Å². The van der Waals surface area contributed by atoms with Crippen LogP contribution >= 0.6 is 0 Å². The molecule has 2 N–H and O–H groups in total. The van der Waals surface area contributed by atoms with Gasteiger partial charge in [-0.2, -0.15) is 0 Å². The van der Waals surface area contributed by atoms with Gasteiger partial charge in [-0.1, -0.05) is 6.92 Å². The Morgan fingerprint density at radius 1 is 1.55 bits per heavy atom. The summed E-state index contributed by atoms with van der Waals surface area (Å²) in [6.07, 6.45) is 3.68. The third-order valence-corrected chi connectivity index (χ3v) is 1.34. The minimum atomic E-state index is -0.519. The maximum atomic E-state index is 10.7. The van der Waals surface area contributed by atoms with Crippen LogP contribution < -0.4 is 5.73 Å². The molecule has 1 aromatic rings. The molecule has 58 valence electrons. The molecule has 0 unspecified atom stereocenters. The number of hydrogen-bond donors (Lipinski definition) is 1. The van der Waals surface area contributed by atoms with Crippen LogP contribution in [0.15, 0.2) is 12.4 Å². The Balaban J connectivity index is 3.12. The average molecular weight is 151 g/mol. The zero-order valence-corrected chi connectivity index (χ0v) is 6.24. The lowest BCUT2D eigenvalue weighted by Gasteiger charge is -1.98. The van der Waals surface area contributed by atoms with Crippen LogP contribution in [0.1, 0.15) is 23.1 Å². The highest BCUT2D eigenvalue weighted by atomic mass is 16.1. The summed E-state index contributed by atoms with van der Waals surface area (Å²) in [5, 5.41) is 0. The quantitative estimate of drug-likeness (QED) is 0.653. The lowest BCUT2D eigenvalue weighted by molar-refractivity contribution is 0.0994. The lowest BCUT2D eigenvalue weighted by atomic mass is 10.2. The molecule has 0 aromatic carbocycles. The van der Waals surface area contributed by atoms with Crippen LogP contribution in [0.3, 0.4) is 0 Å². The molecule has 1 rings (SSSR count). The molecule has 0 spiro atoms. The Morgan fingerprint density at radius 3 is 2.64 bits per heavy atom. The van der Waals surface area contributed by atoms with Gasteiger partial charge in [-0.15, -0.1) is 0 Å². The molecule has 0 saturated heterocycles. The first kappa shape index (κ1) is 7.65. The van der Waals surface area contributed by atoms with Gasteiger partial charge in [0.2, 0.25) is 0 Å². The highest BCUT2D eigenvalue weighted by Crippen LogP contribution is 1.99. The van der Waals surface area contributed by atoms with Crippen LogP contribution in [0.25, 0.3) is 0 Å². The molecule has 0 aliphatic carbocycles. The van der Waals surface area contributed by atoms with Crippen LogP contribution in [-0.2, 0) is 6.42 Å². The van der Waals surface area contributed by atoms with Crippen molar-refractivity contribution < 1.29 is 4.79 Å². The largest absolute Gasteiger partial charge is 0.364 e. The molecule has 4 nitrogen and oxygen atoms in total. The maximum absolute atomic E-state index is 10.7. The van der Waals surface area contributed by atoms with E-state index in [0.29, 0.717) is 12.1 Å². The van der Waals surface area contributed by atoms with Crippen molar-refractivity contribution in [3.8, 4) is 0 Å². The summed E-state index contributed by atoms with van der Waals surface area (Å²) in [7, 11) is 0. The molecule has 4 heteroatoms. The number of aromatic nitrogens is 2. The number of aryl methyl sites for hydroxylation is 1. The summed E-state index contributed by atoms with van der Waals surface area (Å²) in [6.45, 7) is 1.90. The van der Waals surface area contributed by atoms with Gasteiger partial charge in [0.05, 0.1) is 5.69 Å². The third-order valence-electron chi connectivity index (χ3n) is 1.34. The number of nitrogens with zero attached hydrogens (tertiary/aromatic N) is 2. The summed E-state index contributed by atoms with van der Waals surface area (Å²) >= 11 is 0. The predicted molar refractivity (Wildman–Crippen MR) is 39.9 cm³/mol. The minimum Gasteiger partial charge on any atom is -0.364 e. The molecule has 1 aromatic heterocycles. The fourth-order valence-electron chi connectivity index (χ4n) is 0.831. The van der Waals surface area contributed by atoms with E-state index in [1.54, 1.807) is 6.20 Å². The van der Waals surface area contributed by atoms with Gasteiger partial charge in [0.25, 0.3) is 5.91 Å². The molecular formula is C7H9N3O. The molecule has 0 radical (unpaired) electrons. The molecule has 1 heterocycles. The molecule has 0 fully saturated rings. The number of rotatable bonds is 2. The van der Waals surface area contributed by atoms with E-state index >= 15 is 0 Å². The number of carbonyl (C=O) groups is 1. The number of primary amides is 1. The van der Waals surface area contributed by atoms with Crippen molar-refractivity contribution in [1.29, 1.82) is 0 Å². The van der Waals surface area contributed by atoms with Gasteiger partial charge in [-0.3, -0.25) is 9.78 Å². The zero-order valence-electron chi connectivity index (χ0n) is 6.24. The molecule has 0 bridgehead atoms. The Kier molecular flexibility index (Phi) is 2.15. The van der Waals surface area contributed by atoms with Gasteiger partial charge < -0.3 is 5.73 Å². The summed E-state index contributed by atoms with van der Waals surface area (Å²) in [5.74, 6) is -0.519. The van der Waals surface area contributed by atoms with Crippen molar-refractivity contribution in [3.63, 3.8) is 0 Å². The Hall–Kier alpha value is -1.45. The molecule has 0 atom stereocenters. The topological polar surface area (TPSA) is 68.9 Å². The standard InChI is InChI=1S/C7H9N3O/c1-2-5-6(7(8)11)10-4-3-9-5/h3-4H,2H2,1H3,(H2,8,11). The number of hydrogen-bond acceptors (Lipinski definition) is 3. The second kappa shape index (κ2) is 3.09. The molecule has 0 aliphatic rings.